The van der Waals surface area contributed by atoms with Crippen LogP contribution in [0.4, 0.5) is 0 Å². The molecule has 2 atom stereocenters. The predicted octanol–water partition coefficient (Wildman–Crippen LogP) is 1.06. The Labute approximate surface area is 107 Å². The number of nitrogens with zero attached hydrogens (tertiary/aromatic N) is 1. The van der Waals surface area contributed by atoms with E-state index in [1.807, 2.05) is 30.3 Å². The van der Waals surface area contributed by atoms with Crippen LogP contribution in [0.5, 0.6) is 0 Å². The van der Waals surface area contributed by atoms with Crippen molar-refractivity contribution in [2.75, 3.05) is 13.1 Å². The third-order valence-corrected chi connectivity index (χ3v) is 3.54. The summed E-state index contributed by atoms with van der Waals surface area (Å²) in [5.41, 5.74) is 6.17. The second-order valence-corrected chi connectivity index (χ2v) is 4.90. The molecule has 1 saturated heterocycles. The molecule has 0 bridgehead atoms. The lowest BCUT2D eigenvalue weighted by molar-refractivity contribution is -0.119. The SMILES string of the molecule is NC(=O)CN1CCC[C@H]1C[C@H](O)c1ccccc1. The summed E-state index contributed by atoms with van der Waals surface area (Å²) in [4.78, 5) is 13.1. The van der Waals surface area contributed by atoms with Crippen LogP contribution in [0.3, 0.4) is 0 Å². The molecule has 0 radical (unpaired) electrons. The van der Waals surface area contributed by atoms with E-state index in [0.717, 1.165) is 24.9 Å². The number of hydrogen-bond acceptors (Lipinski definition) is 3. The van der Waals surface area contributed by atoms with Crippen LogP contribution in [0.15, 0.2) is 30.3 Å². The Morgan fingerprint density at radius 2 is 2.17 bits per heavy atom. The van der Waals surface area contributed by atoms with Gasteiger partial charge in [-0.3, -0.25) is 9.69 Å². The molecule has 0 saturated carbocycles. The third kappa shape index (κ3) is 3.31. The molecule has 1 aromatic rings. The highest BCUT2D eigenvalue weighted by molar-refractivity contribution is 5.76. The molecule has 3 N–H and O–H groups in total. The summed E-state index contributed by atoms with van der Waals surface area (Å²) in [5, 5.41) is 10.2. The maximum Gasteiger partial charge on any atom is 0.231 e. The first-order chi connectivity index (χ1) is 8.66. The maximum atomic E-state index is 11.0. The van der Waals surface area contributed by atoms with E-state index >= 15 is 0 Å². The number of benzene rings is 1. The van der Waals surface area contributed by atoms with Gasteiger partial charge in [0.05, 0.1) is 12.6 Å². The van der Waals surface area contributed by atoms with Crippen LogP contribution >= 0.6 is 0 Å². The highest BCUT2D eigenvalue weighted by Crippen LogP contribution is 2.26. The lowest BCUT2D eigenvalue weighted by Gasteiger charge is -2.25. The van der Waals surface area contributed by atoms with Crippen molar-refractivity contribution in [1.82, 2.24) is 4.90 Å². The van der Waals surface area contributed by atoms with Gasteiger partial charge in [-0.2, -0.15) is 0 Å². The number of carbonyl (C=O) groups is 1. The van der Waals surface area contributed by atoms with Gasteiger partial charge in [0.2, 0.25) is 5.91 Å². The molecule has 0 unspecified atom stereocenters. The Bertz CT molecular complexity index is 394. The van der Waals surface area contributed by atoms with Crippen molar-refractivity contribution < 1.29 is 9.90 Å². The monoisotopic (exact) mass is 248 g/mol. The summed E-state index contributed by atoms with van der Waals surface area (Å²) in [6, 6.07) is 9.90. The summed E-state index contributed by atoms with van der Waals surface area (Å²) in [6.45, 7) is 1.20. The van der Waals surface area contributed by atoms with Gasteiger partial charge in [0, 0.05) is 6.04 Å². The first-order valence-corrected chi connectivity index (χ1v) is 6.42. The number of primary amides is 1. The van der Waals surface area contributed by atoms with Crippen molar-refractivity contribution in [3.05, 3.63) is 35.9 Å². The molecule has 1 amide bonds. The van der Waals surface area contributed by atoms with Crippen LogP contribution in [0.25, 0.3) is 0 Å². The van der Waals surface area contributed by atoms with E-state index in [2.05, 4.69) is 4.90 Å². The molecular formula is C14H20N2O2. The molecule has 98 valence electrons. The molecule has 0 aromatic heterocycles. The van der Waals surface area contributed by atoms with E-state index in [0.29, 0.717) is 13.0 Å². The summed E-state index contributed by atoms with van der Waals surface area (Å²) in [6.07, 6.45) is 2.29. The molecule has 2 rings (SSSR count). The molecule has 1 aliphatic heterocycles. The van der Waals surface area contributed by atoms with Crippen LogP contribution in [-0.2, 0) is 4.79 Å². The Morgan fingerprint density at radius 1 is 1.44 bits per heavy atom. The predicted molar refractivity (Wildman–Crippen MR) is 69.8 cm³/mol. The minimum Gasteiger partial charge on any atom is -0.388 e. The van der Waals surface area contributed by atoms with Gasteiger partial charge in [-0.15, -0.1) is 0 Å². The number of hydrogen-bond donors (Lipinski definition) is 2. The minimum atomic E-state index is -0.468. The van der Waals surface area contributed by atoms with Crippen LogP contribution < -0.4 is 5.73 Å². The Balaban J connectivity index is 1.94. The van der Waals surface area contributed by atoms with Gasteiger partial charge in [-0.25, -0.2) is 0 Å². The number of aliphatic hydroxyl groups is 1. The largest absolute Gasteiger partial charge is 0.388 e. The average Bonchev–Trinajstić information content (AvgIpc) is 2.77. The molecular weight excluding hydrogens is 228 g/mol. The molecule has 0 spiro atoms. The first-order valence-electron chi connectivity index (χ1n) is 6.42. The maximum absolute atomic E-state index is 11.0. The molecule has 18 heavy (non-hydrogen) atoms. The number of carbonyl (C=O) groups excluding carboxylic acids is 1. The van der Waals surface area contributed by atoms with E-state index in [-0.39, 0.29) is 11.9 Å². The fourth-order valence-corrected chi connectivity index (χ4v) is 2.64. The average molecular weight is 248 g/mol. The first kappa shape index (κ1) is 13.1. The van der Waals surface area contributed by atoms with E-state index in [1.54, 1.807) is 0 Å². The molecule has 1 aliphatic rings. The summed E-state index contributed by atoms with van der Waals surface area (Å²) in [7, 11) is 0. The quantitative estimate of drug-likeness (QED) is 0.819. The lowest BCUT2D eigenvalue weighted by Crippen LogP contribution is -2.37. The van der Waals surface area contributed by atoms with Crippen molar-refractivity contribution in [2.24, 2.45) is 5.73 Å². The third-order valence-electron chi connectivity index (χ3n) is 3.54. The summed E-state index contributed by atoms with van der Waals surface area (Å²) in [5.74, 6) is -0.295. The molecule has 1 fully saturated rings. The topological polar surface area (TPSA) is 66.6 Å². The van der Waals surface area contributed by atoms with Crippen LogP contribution in [-0.4, -0.2) is 35.0 Å². The van der Waals surface area contributed by atoms with Crippen molar-refractivity contribution in [3.8, 4) is 0 Å². The van der Waals surface area contributed by atoms with E-state index < -0.39 is 6.10 Å². The molecule has 1 aromatic carbocycles. The van der Waals surface area contributed by atoms with E-state index in [4.69, 9.17) is 5.73 Å². The van der Waals surface area contributed by atoms with E-state index in [1.165, 1.54) is 0 Å². The molecule has 4 heteroatoms. The zero-order chi connectivity index (χ0) is 13.0. The van der Waals surface area contributed by atoms with Gasteiger partial charge in [0.25, 0.3) is 0 Å². The van der Waals surface area contributed by atoms with Crippen LogP contribution in [0, 0.1) is 0 Å². The highest BCUT2D eigenvalue weighted by atomic mass is 16.3. The number of rotatable bonds is 5. The number of likely N-dealkylation sites (tertiary alicyclic amines) is 1. The fourth-order valence-electron chi connectivity index (χ4n) is 2.64. The number of aliphatic hydroxyl groups excluding tert-OH is 1. The molecule has 0 aliphatic carbocycles. The van der Waals surface area contributed by atoms with Crippen LogP contribution in [0.1, 0.15) is 30.9 Å². The molecule has 1 heterocycles. The second-order valence-electron chi connectivity index (χ2n) is 4.90. The van der Waals surface area contributed by atoms with Crippen molar-refractivity contribution >= 4 is 5.91 Å². The van der Waals surface area contributed by atoms with Gasteiger partial charge in [-0.1, -0.05) is 30.3 Å². The summed E-state index contributed by atoms with van der Waals surface area (Å²) >= 11 is 0. The Hall–Kier alpha value is -1.39. The van der Waals surface area contributed by atoms with Gasteiger partial charge < -0.3 is 10.8 Å². The van der Waals surface area contributed by atoms with Gasteiger partial charge in [0.1, 0.15) is 0 Å². The summed E-state index contributed by atoms with van der Waals surface area (Å²) < 4.78 is 0. The zero-order valence-corrected chi connectivity index (χ0v) is 10.5. The van der Waals surface area contributed by atoms with E-state index in [9.17, 15) is 9.90 Å². The number of nitrogens with two attached hydrogens (primary N) is 1. The minimum absolute atomic E-state index is 0.257. The standard InChI is InChI=1S/C14H20N2O2/c15-14(18)10-16-8-4-7-12(16)9-13(17)11-5-2-1-3-6-11/h1-3,5-6,12-13,17H,4,7-10H2,(H2,15,18)/t12-,13-/m0/s1. The molecule has 4 nitrogen and oxygen atoms in total. The Morgan fingerprint density at radius 3 is 2.83 bits per heavy atom. The van der Waals surface area contributed by atoms with Crippen molar-refractivity contribution in [1.29, 1.82) is 0 Å². The fraction of sp³-hybridized carbons (Fsp3) is 0.500. The zero-order valence-electron chi connectivity index (χ0n) is 10.5. The lowest BCUT2D eigenvalue weighted by atomic mass is 10.0. The van der Waals surface area contributed by atoms with Gasteiger partial charge in [-0.05, 0) is 31.4 Å². The Kier molecular flexibility index (Phi) is 4.33. The van der Waals surface area contributed by atoms with Crippen molar-refractivity contribution in [2.45, 2.75) is 31.4 Å². The second kappa shape index (κ2) is 5.98. The van der Waals surface area contributed by atoms with Gasteiger partial charge >= 0.3 is 0 Å². The smallest absolute Gasteiger partial charge is 0.231 e. The highest BCUT2D eigenvalue weighted by Gasteiger charge is 2.27. The van der Waals surface area contributed by atoms with Gasteiger partial charge in [0.15, 0.2) is 0 Å². The van der Waals surface area contributed by atoms with Crippen LogP contribution in [0.2, 0.25) is 0 Å². The normalized spacial score (nSPS) is 21.9. The number of amides is 1. The van der Waals surface area contributed by atoms with Crippen molar-refractivity contribution in [3.63, 3.8) is 0 Å².